The third-order valence-corrected chi connectivity index (χ3v) is 3.12. The Morgan fingerprint density at radius 3 is 2.50 bits per heavy atom. The van der Waals surface area contributed by atoms with Gasteiger partial charge in [0.05, 0.1) is 11.5 Å². The van der Waals surface area contributed by atoms with E-state index in [1.54, 1.807) is 13.8 Å². The van der Waals surface area contributed by atoms with E-state index in [0.29, 0.717) is 5.56 Å². The standard InChI is InChI=1S/C12H13F3O/c1-6-4-9(13)11-10(5-6)16-8(3)7(2)12(11,14)15/h4-5,7-8H,1-3H3. The number of fused-ring (bicyclic) bond motifs is 1. The molecule has 1 aliphatic heterocycles. The molecular weight excluding hydrogens is 217 g/mol. The molecule has 0 aromatic heterocycles. The number of ether oxygens (including phenoxy) is 1. The lowest BCUT2D eigenvalue weighted by molar-refractivity contribution is -0.114. The van der Waals surface area contributed by atoms with Gasteiger partial charge in [0.2, 0.25) is 0 Å². The number of hydrogen-bond acceptors (Lipinski definition) is 1. The van der Waals surface area contributed by atoms with Gasteiger partial charge >= 0.3 is 0 Å². The maximum Gasteiger partial charge on any atom is 0.285 e. The minimum Gasteiger partial charge on any atom is -0.490 e. The number of benzene rings is 1. The highest BCUT2D eigenvalue weighted by atomic mass is 19.3. The number of rotatable bonds is 0. The summed E-state index contributed by atoms with van der Waals surface area (Å²) in [4.78, 5) is 0. The quantitative estimate of drug-likeness (QED) is 0.661. The van der Waals surface area contributed by atoms with Crippen LogP contribution in [0.15, 0.2) is 12.1 Å². The summed E-state index contributed by atoms with van der Waals surface area (Å²) in [5, 5.41) is 0. The van der Waals surface area contributed by atoms with E-state index in [9.17, 15) is 13.2 Å². The molecule has 0 aliphatic carbocycles. The Labute approximate surface area is 92.2 Å². The number of hydrogen-bond donors (Lipinski definition) is 0. The van der Waals surface area contributed by atoms with E-state index in [-0.39, 0.29) is 5.75 Å². The van der Waals surface area contributed by atoms with Gasteiger partial charge in [0.25, 0.3) is 5.92 Å². The fourth-order valence-corrected chi connectivity index (χ4v) is 1.95. The average molecular weight is 230 g/mol. The van der Waals surface area contributed by atoms with Gasteiger partial charge in [-0.15, -0.1) is 0 Å². The largest absolute Gasteiger partial charge is 0.490 e. The highest BCUT2D eigenvalue weighted by molar-refractivity contribution is 5.43. The van der Waals surface area contributed by atoms with Gasteiger partial charge in [0, 0.05) is 0 Å². The summed E-state index contributed by atoms with van der Waals surface area (Å²) in [6.45, 7) is 4.59. The van der Waals surface area contributed by atoms with Crippen molar-refractivity contribution in [2.45, 2.75) is 32.8 Å². The van der Waals surface area contributed by atoms with Crippen LogP contribution in [0, 0.1) is 18.7 Å². The molecule has 1 aromatic carbocycles. The molecule has 0 radical (unpaired) electrons. The van der Waals surface area contributed by atoms with Crippen LogP contribution >= 0.6 is 0 Å². The third-order valence-electron chi connectivity index (χ3n) is 3.12. The molecule has 0 saturated heterocycles. The van der Waals surface area contributed by atoms with E-state index in [0.717, 1.165) is 6.07 Å². The fourth-order valence-electron chi connectivity index (χ4n) is 1.95. The van der Waals surface area contributed by atoms with Crippen molar-refractivity contribution in [1.29, 1.82) is 0 Å². The first-order valence-electron chi connectivity index (χ1n) is 5.19. The van der Waals surface area contributed by atoms with Gasteiger partial charge in [0.15, 0.2) is 0 Å². The molecule has 1 aromatic rings. The van der Waals surface area contributed by atoms with Crippen LogP contribution in [0.5, 0.6) is 5.75 Å². The van der Waals surface area contributed by atoms with Crippen molar-refractivity contribution in [3.63, 3.8) is 0 Å². The molecule has 0 amide bonds. The lowest BCUT2D eigenvalue weighted by Gasteiger charge is -2.36. The van der Waals surface area contributed by atoms with Gasteiger partial charge in [-0.2, -0.15) is 0 Å². The molecule has 88 valence electrons. The summed E-state index contributed by atoms with van der Waals surface area (Å²) in [5.41, 5.74) is -0.0301. The van der Waals surface area contributed by atoms with Gasteiger partial charge in [-0.25, -0.2) is 13.2 Å². The number of alkyl halides is 2. The van der Waals surface area contributed by atoms with E-state index < -0.39 is 29.3 Å². The van der Waals surface area contributed by atoms with Crippen LogP contribution in [0.1, 0.15) is 25.0 Å². The summed E-state index contributed by atoms with van der Waals surface area (Å²) in [6.07, 6.45) is -0.622. The van der Waals surface area contributed by atoms with Crippen LogP contribution < -0.4 is 4.74 Å². The zero-order valence-corrected chi connectivity index (χ0v) is 9.35. The summed E-state index contributed by atoms with van der Waals surface area (Å²) in [5.74, 6) is -5.13. The minimum atomic E-state index is -3.18. The first-order chi connectivity index (χ1) is 7.34. The summed E-state index contributed by atoms with van der Waals surface area (Å²) in [7, 11) is 0. The molecule has 1 aliphatic rings. The molecular formula is C12H13F3O. The number of aryl methyl sites for hydroxylation is 1. The highest BCUT2D eigenvalue weighted by Gasteiger charge is 2.49. The van der Waals surface area contributed by atoms with Crippen LogP contribution in [0.25, 0.3) is 0 Å². The van der Waals surface area contributed by atoms with Crippen LogP contribution in [0.4, 0.5) is 13.2 Å². The van der Waals surface area contributed by atoms with Crippen molar-refractivity contribution in [2.75, 3.05) is 0 Å². The van der Waals surface area contributed by atoms with Crippen LogP contribution in [-0.4, -0.2) is 6.10 Å². The van der Waals surface area contributed by atoms with Crippen molar-refractivity contribution >= 4 is 0 Å². The monoisotopic (exact) mass is 230 g/mol. The van der Waals surface area contributed by atoms with Crippen molar-refractivity contribution in [3.05, 3.63) is 29.1 Å². The first-order valence-corrected chi connectivity index (χ1v) is 5.19. The van der Waals surface area contributed by atoms with Gasteiger partial charge in [-0.3, -0.25) is 0 Å². The van der Waals surface area contributed by atoms with Crippen LogP contribution in [0.2, 0.25) is 0 Å². The lowest BCUT2D eigenvalue weighted by atomic mass is 9.88. The second-order valence-electron chi connectivity index (χ2n) is 4.35. The van der Waals surface area contributed by atoms with E-state index >= 15 is 0 Å². The predicted octanol–water partition coefficient (Wildman–Crippen LogP) is 3.64. The second kappa shape index (κ2) is 3.40. The van der Waals surface area contributed by atoms with Crippen LogP contribution in [-0.2, 0) is 5.92 Å². The molecule has 1 nitrogen and oxygen atoms in total. The van der Waals surface area contributed by atoms with Gasteiger partial charge in [-0.1, -0.05) is 6.92 Å². The SMILES string of the molecule is Cc1cc(F)c2c(c1)OC(C)C(C)C2(F)F. The molecule has 16 heavy (non-hydrogen) atoms. The second-order valence-corrected chi connectivity index (χ2v) is 4.35. The first kappa shape index (κ1) is 11.3. The van der Waals surface area contributed by atoms with E-state index in [2.05, 4.69) is 0 Å². The fraction of sp³-hybridized carbons (Fsp3) is 0.500. The van der Waals surface area contributed by atoms with E-state index in [4.69, 9.17) is 4.74 Å². The molecule has 0 fully saturated rings. The molecule has 2 rings (SSSR count). The average Bonchev–Trinajstić information content (AvgIpc) is 2.12. The molecule has 0 saturated carbocycles. The Hall–Kier alpha value is -1.19. The normalized spacial score (nSPS) is 27.1. The smallest absolute Gasteiger partial charge is 0.285 e. The van der Waals surface area contributed by atoms with E-state index in [1.807, 2.05) is 0 Å². The van der Waals surface area contributed by atoms with Crippen molar-refractivity contribution in [2.24, 2.45) is 5.92 Å². The Balaban J connectivity index is 2.65. The van der Waals surface area contributed by atoms with Crippen molar-refractivity contribution in [1.82, 2.24) is 0 Å². The zero-order chi connectivity index (χ0) is 12.1. The van der Waals surface area contributed by atoms with Crippen molar-refractivity contribution in [3.8, 4) is 5.75 Å². The molecule has 1 heterocycles. The molecule has 4 heteroatoms. The molecule has 0 bridgehead atoms. The predicted molar refractivity (Wildman–Crippen MR) is 54.3 cm³/mol. The highest BCUT2D eigenvalue weighted by Crippen LogP contribution is 2.48. The van der Waals surface area contributed by atoms with Gasteiger partial charge in [0.1, 0.15) is 17.7 Å². The molecule has 0 spiro atoms. The lowest BCUT2D eigenvalue weighted by Crippen LogP contribution is -2.40. The van der Waals surface area contributed by atoms with Crippen LogP contribution in [0.3, 0.4) is 0 Å². The Bertz CT molecular complexity index is 429. The molecule has 0 N–H and O–H groups in total. The molecule has 2 atom stereocenters. The Morgan fingerprint density at radius 2 is 1.88 bits per heavy atom. The van der Waals surface area contributed by atoms with Crippen molar-refractivity contribution < 1.29 is 17.9 Å². The molecule has 2 unspecified atom stereocenters. The van der Waals surface area contributed by atoms with Gasteiger partial charge in [-0.05, 0) is 31.5 Å². The number of halogens is 3. The maximum absolute atomic E-state index is 13.9. The Kier molecular flexibility index (Phi) is 2.40. The topological polar surface area (TPSA) is 9.23 Å². The third kappa shape index (κ3) is 1.47. The summed E-state index contributed by atoms with van der Waals surface area (Å²) in [6, 6.07) is 2.56. The van der Waals surface area contributed by atoms with Gasteiger partial charge < -0.3 is 4.74 Å². The zero-order valence-electron chi connectivity index (χ0n) is 9.35. The van der Waals surface area contributed by atoms with E-state index in [1.165, 1.54) is 13.0 Å². The summed E-state index contributed by atoms with van der Waals surface area (Å²) >= 11 is 0. The maximum atomic E-state index is 13.9. The Morgan fingerprint density at radius 1 is 1.25 bits per heavy atom. The minimum absolute atomic E-state index is 0.0342. The summed E-state index contributed by atoms with van der Waals surface area (Å²) < 4.78 is 46.7.